The van der Waals surface area contributed by atoms with Crippen molar-refractivity contribution in [1.82, 2.24) is 14.5 Å². The molecule has 18 heavy (non-hydrogen) atoms. The van der Waals surface area contributed by atoms with Crippen LogP contribution in [0.3, 0.4) is 0 Å². The van der Waals surface area contributed by atoms with Gasteiger partial charge in [0.2, 0.25) is 5.95 Å². The van der Waals surface area contributed by atoms with Crippen LogP contribution >= 0.6 is 15.9 Å². The van der Waals surface area contributed by atoms with Gasteiger partial charge in [-0.25, -0.2) is 9.97 Å². The van der Waals surface area contributed by atoms with Gasteiger partial charge in [-0.05, 0) is 53.1 Å². The fourth-order valence-corrected chi connectivity index (χ4v) is 4.15. The van der Waals surface area contributed by atoms with Crippen molar-refractivity contribution in [2.24, 2.45) is 11.8 Å². The zero-order chi connectivity index (χ0) is 12.3. The van der Waals surface area contributed by atoms with Crippen LogP contribution in [-0.2, 0) is 0 Å². The molecule has 3 atom stereocenters. The number of imidazole rings is 1. The summed E-state index contributed by atoms with van der Waals surface area (Å²) in [6, 6.07) is 2.50. The van der Waals surface area contributed by atoms with E-state index in [2.05, 4.69) is 30.5 Å². The minimum absolute atomic E-state index is 0.516. The topological polar surface area (TPSA) is 56.7 Å². The van der Waals surface area contributed by atoms with Crippen LogP contribution in [0.1, 0.15) is 31.7 Å². The van der Waals surface area contributed by atoms with Gasteiger partial charge in [-0.3, -0.25) is 4.57 Å². The summed E-state index contributed by atoms with van der Waals surface area (Å²) in [5, 5.41) is 0. The number of fused-ring (bicyclic) bond motifs is 3. The zero-order valence-corrected chi connectivity index (χ0v) is 11.6. The molecule has 2 saturated carbocycles. The number of aromatic nitrogens is 3. The van der Waals surface area contributed by atoms with Crippen LogP contribution in [0.15, 0.2) is 16.7 Å². The first-order valence-corrected chi connectivity index (χ1v) is 7.30. The lowest BCUT2D eigenvalue weighted by Crippen LogP contribution is -2.18. The molecule has 94 valence electrons. The van der Waals surface area contributed by atoms with E-state index in [1.807, 2.05) is 12.3 Å². The molecule has 0 spiro atoms. The molecular formula is C13H15BrN4. The van der Waals surface area contributed by atoms with E-state index >= 15 is 0 Å². The average Bonchev–Trinajstić information content (AvgIpc) is 3.00. The number of nitrogen functional groups attached to an aromatic ring is 1. The van der Waals surface area contributed by atoms with Crippen molar-refractivity contribution in [1.29, 1.82) is 0 Å². The molecule has 0 aromatic carbocycles. The number of rotatable bonds is 1. The van der Waals surface area contributed by atoms with Gasteiger partial charge in [-0.2, -0.15) is 0 Å². The normalized spacial score (nSPS) is 30.4. The molecule has 0 saturated heterocycles. The molecule has 2 aromatic heterocycles. The largest absolute Gasteiger partial charge is 0.369 e. The Balaban J connectivity index is 1.87. The monoisotopic (exact) mass is 306 g/mol. The minimum Gasteiger partial charge on any atom is -0.369 e. The van der Waals surface area contributed by atoms with Crippen molar-refractivity contribution in [3.05, 3.63) is 16.7 Å². The lowest BCUT2D eigenvalue weighted by atomic mass is 9.95. The Labute approximate surface area is 114 Å². The molecule has 2 aromatic rings. The number of nitrogens with zero attached hydrogens (tertiary/aromatic N) is 3. The Morgan fingerprint density at radius 1 is 1.33 bits per heavy atom. The molecule has 0 radical (unpaired) electrons. The quantitative estimate of drug-likeness (QED) is 0.880. The molecule has 4 rings (SSSR count). The summed E-state index contributed by atoms with van der Waals surface area (Å²) in [6.07, 6.45) is 7.17. The third kappa shape index (κ3) is 1.43. The highest BCUT2D eigenvalue weighted by molar-refractivity contribution is 9.10. The Bertz CT molecular complexity index is 621. The molecule has 2 N–H and O–H groups in total. The summed E-state index contributed by atoms with van der Waals surface area (Å²) in [5.41, 5.74) is 7.94. The Hall–Kier alpha value is -1.10. The van der Waals surface area contributed by atoms with E-state index in [9.17, 15) is 0 Å². The van der Waals surface area contributed by atoms with Crippen LogP contribution in [0.4, 0.5) is 5.95 Å². The second-order valence-electron chi connectivity index (χ2n) is 5.58. The van der Waals surface area contributed by atoms with Gasteiger partial charge >= 0.3 is 0 Å². The summed E-state index contributed by atoms with van der Waals surface area (Å²) < 4.78 is 3.12. The van der Waals surface area contributed by atoms with E-state index in [0.29, 0.717) is 12.0 Å². The van der Waals surface area contributed by atoms with Crippen LogP contribution in [-0.4, -0.2) is 14.5 Å². The van der Waals surface area contributed by atoms with E-state index in [1.54, 1.807) is 0 Å². The van der Waals surface area contributed by atoms with Crippen molar-refractivity contribution < 1.29 is 0 Å². The SMILES string of the molecule is Nc1nc2cc(Br)cnc2n1C1CC2CCC1C2. The highest BCUT2D eigenvalue weighted by Crippen LogP contribution is 2.51. The molecule has 2 heterocycles. The maximum absolute atomic E-state index is 6.11. The van der Waals surface area contributed by atoms with Gasteiger partial charge in [0.25, 0.3) is 0 Å². The number of nitrogens with two attached hydrogens (primary N) is 1. The van der Waals surface area contributed by atoms with Crippen LogP contribution in [0.5, 0.6) is 0 Å². The number of hydrogen-bond donors (Lipinski definition) is 1. The summed E-state index contributed by atoms with van der Waals surface area (Å²) >= 11 is 3.43. The summed E-state index contributed by atoms with van der Waals surface area (Å²) in [7, 11) is 0. The second kappa shape index (κ2) is 3.70. The fraction of sp³-hybridized carbons (Fsp3) is 0.538. The third-order valence-electron chi connectivity index (χ3n) is 4.56. The number of halogens is 1. The molecular weight excluding hydrogens is 292 g/mol. The summed E-state index contributed by atoms with van der Waals surface area (Å²) in [5.74, 6) is 2.29. The Morgan fingerprint density at radius 2 is 2.22 bits per heavy atom. The van der Waals surface area contributed by atoms with Gasteiger partial charge in [0.05, 0.1) is 0 Å². The summed E-state index contributed by atoms with van der Waals surface area (Å²) in [6.45, 7) is 0. The molecule has 2 aliphatic carbocycles. The van der Waals surface area contributed by atoms with Crippen LogP contribution in [0.2, 0.25) is 0 Å². The molecule has 2 fully saturated rings. The van der Waals surface area contributed by atoms with Crippen LogP contribution < -0.4 is 5.73 Å². The van der Waals surface area contributed by atoms with Gasteiger partial charge < -0.3 is 5.73 Å². The zero-order valence-electron chi connectivity index (χ0n) is 10.0. The molecule has 3 unspecified atom stereocenters. The molecule has 0 amide bonds. The van der Waals surface area contributed by atoms with E-state index in [-0.39, 0.29) is 0 Å². The lowest BCUT2D eigenvalue weighted by Gasteiger charge is -2.24. The van der Waals surface area contributed by atoms with Gasteiger partial charge in [-0.15, -0.1) is 0 Å². The Kier molecular flexibility index (Phi) is 2.22. The van der Waals surface area contributed by atoms with E-state index in [1.165, 1.54) is 25.7 Å². The van der Waals surface area contributed by atoms with Gasteiger partial charge in [0.15, 0.2) is 5.65 Å². The second-order valence-corrected chi connectivity index (χ2v) is 6.49. The molecule has 5 heteroatoms. The van der Waals surface area contributed by atoms with Gasteiger partial charge in [0.1, 0.15) is 5.52 Å². The molecule has 0 aliphatic heterocycles. The highest BCUT2D eigenvalue weighted by atomic mass is 79.9. The predicted molar refractivity (Wildman–Crippen MR) is 74.1 cm³/mol. The summed E-state index contributed by atoms with van der Waals surface area (Å²) in [4.78, 5) is 8.95. The molecule has 4 nitrogen and oxygen atoms in total. The Morgan fingerprint density at radius 3 is 2.94 bits per heavy atom. The maximum atomic E-state index is 6.11. The molecule has 2 aliphatic rings. The first-order chi connectivity index (χ1) is 8.72. The van der Waals surface area contributed by atoms with E-state index in [4.69, 9.17) is 5.73 Å². The smallest absolute Gasteiger partial charge is 0.202 e. The van der Waals surface area contributed by atoms with Crippen molar-refractivity contribution in [2.45, 2.75) is 31.7 Å². The third-order valence-corrected chi connectivity index (χ3v) is 4.99. The van der Waals surface area contributed by atoms with Crippen molar-refractivity contribution in [3.63, 3.8) is 0 Å². The maximum Gasteiger partial charge on any atom is 0.202 e. The van der Waals surface area contributed by atoms with E-state index in [0.717, 1.165) is 27.5 Å². The number of anilines is 1. The van der Waals surface area contributed by atoms with Gasteiger partial charge in [-0.1, -0.05) is 6.42 Å². The van der Waals surface area contributed by atoms with Crippen molar-refractivity contribution in [3.8, 4) is 0 Å². The average molecular weight is 307 g/mol. The standard InChI is InChI=1S/C13H15BrN4/c14-9-5-10-12(16-6-9)18(13(15)17-10)11-4-7-1-2-8(11)3-7/h5-8,11H,1-4H2,(H2,15,17). The predicted octanol–water partition coefficient (Wildman–Crippen LogP) is 3.14. The lowest BCUT2D eigenvalue weighted by molar-refractivity contribution is 0.338. The van der Waals surface area contributed by atoms with Crippen LogP contribution in [0, 0.1) is 11.8 Å². The fourth-order valence-electron chi connectivity index (χ4n) is 3.83. The highest BCUT2D eigenvalue weighted by Gasteiger charge is 2.41. The first kappa shape index (κ1) is 10.8. The first-order valence-electron chi connectivity index (χ1n) is 6.51. The number of hydrogen-bond acceptors (Lipinski definition) is 3. The van der Waals surface area contributed by atoms with Crippen LogP contribution in [0.25, 0.3) is 11.2 Å². The van der Waals surface area contributed by atoms with Crippen molar-refractivity contribution in [2.75, 3.05) is 5.73 Å². The minimum atomic E-state index is 0.516. The van der Waals surface area contributed by atoms with Gasteiger partial charge in [0, 0.05) is 16.7 Å². The molecule has 2 bridgehead atoms. The van der Waals surface area contributed by atoms with Crippen molar-refractivity contribution >= 4 is 33.0 Å². The number of pyridine rings is 1. The van der Waals surface area contributed by atoms with E-state index < -0.39 is 0 Å².